The number of halogens is 1. The summed E-state index contributed by atoms with van der Waals surface area (Å²) in [7, 11) is 0. The number of carbonyl (C=O) groups is 2. The number of hydrogen-bond acceptors (Lipinski definition) is 2. The average molecular weight is 333 g/mol. The van der Waals surface area contributed by atoms with Crippen LogP contribution in [0.25, 0.3) is 0 Å². The van der Waals surface area contributed by atoms with Crippen molar-refractivity contribution in [2.75, 3.05) is 0 Å². The van der Waals surface area contributed by atoms with Crippen molar-refractivity contribution < 1.29 is 9.59 Å². The molecule has 0 aliphatic heterocycles. The van der Waals surface area contributed by atoms with E-state index in [1.807, 2.05) is 0 Å². The van der Waals surface area contributed by atoms with Gasteiger partial charge in [0.2, 0.25) is 5.91 Å². The van der Waals surface area contributed by atoms with Crippen LogP contribution in [0.2, 0.25) is 5.02 Å². The van der Waals surface area contributed by atoms with E-state index in [1.165, 1.54) is 32.1 Å². The standard InChI is InChI=1S/C18H21ClN2O2/c19-15-4-2-1-3-14(15)17(22)20-21-18(23)16-12-6-10-5-11(8-12)9-13(16)7-10/h1-4,10-13,16H,5-9H2,(H,20,22)(H,21,23). The molecule has 4 saturated carbocycles. The van der Waals surface area contributed by atoms with Gasteiger partial charge in [-0.05, 0) is 67.9 Å². The quantitative estimate of drug-likeness (QED) is 0.817. The van der Waals surface area contributed by atoms with Crippen molar-refractivity contribution in [1.29, 1.82) is 0 Å². The van der Waals surface area contributed by atoms with Gasteiger partial charge in [0.25, 0.3) is 5.91 Å². The molecule has 0 saturated heterocycles. The molecule has 0 radical (unpaired) electrons. The van der Waals surface area contributed by atoms with E-state index in [9.17, 15) is 9.59 Å². The van der Waals surface area contributed by atoms with Crippen molar-refractivity contribution in [2.45, 2.75) is 32.1 Å². The summed E-state index contributed by atoms with van der Waals surface area (Å²) in [4.78, 5) is 24.7. The van der Waals surface area contributed by atoms with Gasteiger partial charge >= 0.3 is 0 Å². The number of nitrogens with one attached hydrogen (secondary N) is 2. The van der Waals surface area contributed by atoms with E-state index < -0.39 is 0 Å². The van der Waals surface area contributed by atoms with Gasteiger partial charge < -0.3 is 0 Å². The summed E-state index contributed by atoms with van der Waals surface area (Å²) < 4.78 is 0. The lowest BCUT2D eigenvalue weighted by molar-refractivity contribution is -0.138. The first-order valence-corrected chi connectivity index (χ1v) is 8.84. The maximum Gasteiger partial charge on any atom is 0.271 e. The molecule has 4 aliphatic rings. The molecule has 2 amide bonds. The third-order valence-corrected chi connectivity index (χ3v) is 6.28. The SMILES string of the molecule is O=C(NNC(=O)C1C2CC3CC(C2)CC1C3)c1ccccc1Cl. The lowest BCUT2D eigenvalue weighted by Gasteiger charge is -2.53. The van der Waals surface area contributed by atoms with E-state index in [2.05, 4.69) is 10.9 Å². The molecule has 1 aromatic rings. The first-order valence-electron chi connectivity index (χ1n) is 8.46. The molecule has 122 valence electrons. The lowest BCUT2D eigenvalue weighted by Crippen LogP contribution is -2.54. The third-order valence-electron chi connectivity index (χ3n) is 5.95. The van der Waals surface area contributed by atoms with E-state index in [-0.39, 0.29) is 17.7 Å². The molecule has 1 aromatic carbocycles. The first-order chi connectivity index (χ1) is 11.1. The van der Waals surface area contributed by atoms with Gasteiger partial charge in [0.1, 0.15) is 0 Å². The predicted octanol–water partition coefficient (Wildman–Crippen LogP) is 3.17. The number of carbonyl (C=O) groups excluding carboxylic acids is 2. The molecule has 0 unspecified atom stereocenters. The summed E-state index contributed by atoms with van der Waals surface area (Å²) in [6.07, 6.45) is 6.10. The van der Waals surface area contributed by atoms with Crippen molar-refractivity contribution in [1.82, 2.24) is 10.9 Å². The third kappa shape index (κ3) is 2.74. The van der Waals surface area contributed by atoms with E-state index in [0.29, 0.717) is 22.4 Å². The fourth-order valence-corrected chi connectivity index (χ4v) is 5.49. The molecule has 23 heavy (non-hydrogen) atoms. The Labute approximate surface area is 140 Å². The molecule has 5 heteroatoms. The molecule has 5 rings (SSSR count). The highest BCUT2D eigenvalue weighted by Crippen LogP contribution is 2.56. The molecular formula is C18H21ClN2O2. The Morgan fingerprint density at radius 2 is 1.52 bits per heavy atom. The van der Waals surface area contributed by atoms with Crippen LogP contribution in [0.15, 0.2) is 24.3 Å². The first kappa shape index (κ1) is 15.0. The van der Waals surface area contributed by atoms with Crippen LogP contribution in [0.1, 0.15) is 42.5 Å². The van der Waals surface area contributed by atoms with E-state index in [4.69, 9.17) is 11.6 Å². The molecule has 0 heterocycles. The molecule has 0 aromatic heterocycles. The second-order valence-electron chi connectivity index (χ2n) is 7.38. The maximum absolute atomic E-state index is 12.6. The van der Waals surface area contributed by atoms with Gasteiger partial charge in [-0.3, -0.25) is 20.4 Å². The Morgan fingerprint density at radius 1 is 0.913 bits per heavy atom. The number of hydrazine groups is 1. The summed E-state index contributed by atoms with van der Waals surface area (Å²) in [6, 6.07) is 6.83. The predicted molar refractivity (Wildman–Crippen MR) is 87.6 cm³/mol. The van der Waals surface area contributed by atoms with Gasteiger partial charge in [-0.1, -0.05) is 23.7 Å². The second-order valence-corrected chi connectivity index (χ2v) is 7.79. The summed E-state index contributed by atoms with van der Waals surface area (Å²) in [5, 5.41) is 0.383. The number of rotatable bonds is 2. The van der Waals surface area contributed by atoms with Crippen LogP contribution in [-0.4, -0.2) is 11.8 Å². The van der Waals surface area contributed by atoms with Crippen LogP contribution in [0.4, 0.5) is 0 Å². The molecule has 0 atom stereocenters. The van der Waals surface area contributed by atoms with Crippen LogP contribution in [0.5, 0.6) is 0 Å². The minimum Gasteiger partial charge on any atom is -0.273 e. The fourth-order valence-electron chi connectivity index (χ4n) is 5.27. The zero-order valence-corrected chi connectivity index (χ0v) is 13.7. The number of hydrogen-bond donors (Lipinski definition) is 2. The lowest BCUT2D eigenvalue weighted by atomic mass is 9.52. The van der Waals surface area contributed by atoms with Crippen LogP contribution in [-0.2, 0) is 4.79 Å². The molecule has 4 bridgehead atoms. The molecule has 0 spiro atoms. The Kier molecular flexibility index (Phi) is 3.80. The van der Waals surface area contributed by atoms with Crippen molar-refractivity contribution in [3.05, 3.63) is 34.9 Å². The monoisotopic (exact) mass is 332 g/mol. The van der Waals surface area contributed by atoms with Crippen LogP contribution >= 0.6 is 11.6 Å². The van der Waals surface area contributed by atoms with Gasteiger partial charge in [0.15, 0.2) is 0 Å². The zero-order chi connectivity index (χ0) is 16.0. The Morgan fingerprint density at radius 3 is 2.13 bits per heavy atom. The summed E-state index contributed by atoms with van der Waals surface area (Å²) in [6.45, 7) is 0. The van der Waals surface area contributed by atoms with Gasteiger partial charge in [-0.15, -0.1) is 0 Å². The second kappa shape index (κ2) is 5.82. The highest BCUT2D eigenvalue weighted by atomic mass is 35.5. The summed E-state index contributed by atoms with van der Waals surface area (Å²) in [5.74, 6) is 2.34. The topological polar surface area (TPSA) is 58.2 Å². The van der Waals surface area contributed by atoms with E-state index in [1.54, 1.807) is 24.3 Å². The maximum atomic E-state index is 12.6. The smallest absolute Gasteiger partial charge is 0.271 e. The van der Waals surface area contributed by atoms with Crippen LogP contribution in [0.3, 0.4) is 0 Å². The fraction of sp³-hybridized carbons (Fsp3) is 0.556. The molecule has 4 aliphatic carbocycles. The Hall–Kier alpha value is -1.55. The largest absolute Gasteiger partial charge is 0.273 e. The van der Waals surface area contributed by atoms with Crippen molar-refractivity contribution in [2.24, 2.45) is 29.6 Å². The number of benzene rings is 1. The van der Waals surface area contributed by atoms with E-state index >= 15 is 0 Å². The average Bonchev–Trinajstić information content (AvgIpc) is 2.52. The van der Waals surface area contributed by atoms with Gasteiger partial charge in [-0.25, -0.2) is 0 Å². The van der Waals surface area contributed by atoms with Gasteiger partial charge in [-0.2, -0.15) is 0 Å². The normalized spacial score (nSPS) is 34.2. The summed E-state index contributed by atoms with van der Waals surface area (Å²) >= 11 is 6.01. The van der Waals surface area contributed by atoms with Crippen LogP contribution < -0.4 is 10.9 Å². The van der Waals surface area contributed by atoms with Crippen molar-refractivity contribution in [3.8, 4) is 0 Å². The van der Waals surface area contributed by atoms with Crippen LogP contribution in [0, 0.1) is 29.6 Å². The highest BCUT2D eigenvalue weighted by Gasteiger charge is 2.50. The molecular weight excluding hydrogens is 312 g/mol. The van der Waals surface area contributed by atoms with Crippen molar-refractivity contribution >= 4 is 23.4 Å². The molecule has 4 fully saturated rings. The highest BCUT2D eigenvalue weighted by molar-refractivity contribution is 6.33. The van der Waals surface area contributed by atoms with Crippen molar-refractivity contribution in [3.63, 3.8) is 0 Å². The zero-order valence-electron chi connectivity index (χ0n) is 12.9. The van der Waals surface area contributed by atoms with E-state index in [0.717, 1.165) is 11.8 Å². The Bertz CT molecular complexity index is 618. The molecule has 4 nitrogen and oxygen atoms in total. The minimum absolute atomic E-state index is 0.0285. The van der Waals surface area contributed by atoms with Gasteiger partial charge in [0.05, 0.1) is 10.6 Å². The molecule has 2 N–H and O–H groups in total. The Balaban J connectivity index is 1.39. The minimum atomic E-state index is -0.368. The number of amides is 2. The summed E-state index contributed by atoms with van der Waals surface area (Å²) in [5.41, 5.74) is 5.54. The van der Waals surface area contributed by atoms with Gasteiger partial charge in [0, 0.05) is 5.92 Å².